The van der Waals surface area contributed by atoms with Gasteiger partial charge in [-0.3, -0.25) is 0 Å². The minimum atomic E-state index is -0.519. The average molecular weight is 294 g/mol. The van der Waals surface area contributed by atoms with Crippen molar-refractivity contribution >= 4 is 17.3 Å². The first-order chi connectivity index (χ1) is 10.0. The maximum Gasteiger partial charge on any atom is 0.340 e. The van der Waals surface area contributed by atoms with Crippen LogP contribution in [-0.2, 0) is 4.74 Å². The topological polar surface area (TPSA) is 64.3 Å². The number of anilines is 2. The van der Waals surface area contributed by atoms with Gasteiger partial charge in [-0.15, -0.1) is 0 Å². The van der Waals surface area contributed by atoms with Crippen LogP contribution in [-0.4, -0.2) is 18.6 Å². The quantitative estimate of drug-likeness (QED) is 0.658. The number of carbonyl (C=O) groups excluding carboxylic acids is 1. The van der Waals surface area contributed by atoms with E-state index in [-0.39, 0.29) is 23.9 Å². The van der Waals surface area contributed by atoms with Gasteiger partial charge in [-0.1, -0.05) is 19.8 Å². The molecule has 21 heavy (non-hydrogen) atoms. The van der Waals surface area contributed by atoms with Crippen molar-refractivity contribution in [3.05, 3.63) is 23.5 Å². The summed E-state index contributed by atoms with van der Waals surface area (Å²) in [6, 6.07) is 2.87. The first-order valence-electron chi connectivity index (χ1n) is 7.55. The molecule has 0 spiro atoms. The van der Waals surface area contributed by atoms with E-state index in [1.54, 1.807) is 6.92 Å². The Morgan fingerprint density at radius 2 is 2.14 bits per heavy atom. The van der Waals surface area contributed by atoms with Crippen molar-refractivity contribution < 1.29 is 13.9 Å². The summed E-state index contributed by atoms with van der Waals surface area (Å²) in [6.07, 6.45) is 4.51. The Morgan fingerprint density at radius 1 is 1.43 bits per heavy atom. The summed E-state index contributed by atoms with van der Waals surface area (Å²) < 4.78 is 19.0. The second-order valence-electron chi connectivity index (χ2n) is 5.65. The summed E-state index contributed by atoms with van der Waals surface area (Å²) >= 11 is 0. The lowest BCUT2D eigenvalue weighted by Crippen LogP contribution is -2.30. The molecule has 0 bridgehead atoms. The molecule has 0 amide bonds. The molecule has 2 atom stereocenters. The molecule has 0 saturated heterocycles. The van der Waals surface area contributed by atoms with Crippen LogP contribution >= 0.6 is 0 Å². The molecule has 116 valence electrons. The highest BCUT2D eigenvalue weighted by atomic mass is 19.1. The Balaban J connectivity index is 2.22. The molecule has 1 aliphatic rings. The van der Waals surface area contributed by atoms with Gasteiger partial charge in [0, 0.05) is 11.7 Å². The van der Waals surface area contributed by atoms with E-state index >= 15 is 0 Å². The highest BCUT2D eigenvalue weighted by Gasteiger charge is 2.23. The first-order valence-corrected chi connectivity index (χ1v) is 7.55. The Kier molecular flexibility index (Phi) is 5.04. The maximum atomic E-state index is 14.1. The van der Waals surface area contributed by atoms with E-state index in [1.807, 2.05) is 0 Å². The summed E-state index contributed by atoms with van der Waals surface area (Å²) in [4.78, 5) is 11.8. The predicted octanol–water partition coefficient (Wildman–Crippen LogP) is 3.58. The fourth-order valence-corrected chi connectivity index (χ4v) is 2.82. The Labute approximate surface area is 124 Å². The molecule has 2 unspecified atom stereocenters. The van der Waals surface area contributed by atoms with Gasteiger partial charge < -0.3 is 15.8 Å². The average Bonchev–Trinajstić information content (AvgIpc) is 2.44. The molecule has 1 fully saturated rings. The third kappa shape index (κ3) is 3.65. The van der Waals surface area contributed by atoms with Gasteiger partial charge in [-0.25, -0.2) is 9.18 Å². The fourth-order valence-electron chi connectivity index (χ4n) is 2.82. The molecule has 5 heteroatoms. The minimum Gasteiger partial charge on any atom is -0.462 e. The SMILES string of the molecule is CCOC(=O)c1cc(NC2CCCCC2C)c(F)cc1N. The van der Waals surface area contributed by atoms with E-state index in [0.29, 0.717) is 11.6 Å². The van der Waals surface area contributed by atoms with Crippen molar-refractivity contribution in [3.8, 4) is 0 Å². The van der Waals surface area contributed by atoms with Gasteiger partial charge in [0.05, 0.1) is 17.9 Å². The number of rotatable bonds is 4. The number of nitrogens with one attached hydrogen (secondary N) is 1. The zero-order valence-electron chi connectivity index (χ0n) is 12.6. The lowest BCUT2D eigenvalue weighted by Gasteiger charge is -2.30. The molecule has 1 saturated carbocycles. The fraction of sp³-hybridized carbons (Fsp3) is 0.562. The van der Waals surface area contributed by atoms with E-state index in [2.05, 4.69) is 12.2 Å². The number of hydrogen-bond donors (Lipinski definition) is 2. The second kappa shape index (κ2) is 6.78. The van der Waals surface area contributed by atoms with Crippen LogP contribution in [0, 0.1) is 11.7 Å². The predicted molar refractivity (Wildman–Crippen MR) is 81.8 cm³/mol. The van der Waals surface area contributed by atoms with Gasteiger partial charge in [-0.05, 0) is 37.8 Å². The van der Waals surface area contributed by atoms with Gasteiger partial charge >= 0.3 is 5.97 Å². The third-order valence-corrected chi connectivity index (χ3v) is 4.09. The van der Waals surface area contributed by atoms with E-state index in [1.165, 1.54) is 18.6 Å². The van der Waals surface area contributed by atoms with Crippen LogP contribution in [0.3, 0.4) is 0 Å². The number of hydrogen-bond acceptors (Lipinski definition) is 4. The largest absolute Gasteiger partial charge is 0.462 e. The normalized spacial score (nSPS) is 21.9. The molecular weight excluding hydrogens is 271 g/mol. The number of nitrogen functional groups attached to an aromatic ring is 1. The summed E-state index contributed by atoms with van der Waals surface area (Å²) in [7, 11) is 0. The summed E-state index contributed by atoms with van der Waals surface area (Å²) in [6.45, 7) is 4.15. The van der Waals surface area contributed by atoms with E-state index in [0.717, 1.165) is 19.3 Å². The molecule has 1 aromatic carbocycles. The van der Waals surface area contributed by atoms with Gasteiger partial charge in [-0.2, -0.15) is 0 Å². The highest BCUT2D eigenvalue weighted by Crippen LogP contribution is 2.29. The van der Waals surface area contributed by atoms with Crippen LogP contribution in [0.15, 0.2) is 12.1 Å². The van der Waals surface area contributed by atoms with Crippen molar-refractivity contribution in [2.24, 2.45) is 5.92 Å². The second-order valence-corrected chi connectivity index (χ2v) is 5.65. The Bertz CT molecular complexity index is 519. The van der Waals surface area contributed by atoms with Crippen molar-refractivity contribution in [2.45, 2.75) is 45.6 Å². The van der Waals surface area contributed by atoms with Crippen LogP contribution in [0.5, 0.6) is 0 Å². The zero-order valence-corrected chi connectivity index (χ0v) is 12.6. The number of carbonyl (C=O) groups is 1. The zero-order chi connectivity index (χ0) is 15.4. The van der Waals surface area contributed by atoms with Crippen LogP contribution < -0.4 is 11.1 Å². The van der Waals surface area contributed by atoms with Gasteiger partial charge in [0.2, 0.25) is 0 Å². The molecule has 0 radical (unpaired) electrons. The molecule has 3 N–H and O–H groups in total. The van der Waals surface area contributed by atoms with E-state index in [4.69, 9.17) is 10.5 Å². The monoisotopic (exact) mass is 294 g/mol. The van der Waals surface area contributed by atoms with Crippen LogP contribution in [0.25, 0.3) is 0 Å². The number of nitrogens with two attached hydrogens (primary N) is 1. The minimum absolute atomic E-state index is 0.105. The van der Waals surface area contributed by atoms with Gasteiger partial charge in [0.25, 0.3) is 0 Å². The number of ether oxygens (including phenoxy) is 1. The summed E-state index contributed by atoms with van der Waals surface area (Å²) in [5.41, 5.74) is 6.36. The first kappa shape index (κ1) is 15.6. The Morgan fingerprint density at radius 3 is 2.81 bits per heavy atom. The molecule has 0 heterocycles. The Hall–Kier alpha value is -1.78. The lowest BCUT2D eigenvalue weighted by molar-refractivity contribution is 0.0527. The lowest BCUT2D eigenvalue weighted by atomic mass is 9.86. The van der Waals surface area contributed by atoms with E-state index in [9.17, 15) is 9.18 Å². The smallest absolute Gasteiger partial charge is 0.340 e. The van der Waals surface area contributed by atoms with Crippen molar-refractivity contribution in [2.75, 3.05) is 17.7 Å². The van der Waals surface area contributed by atoms with Gasteiger partial charge in [0.1, 0.15) is 5.82 Å². The molecule has 4 nitrogen and oxygen atoms in total. The van der Waals surface area contributed by atoms with Gasteiger partial charge in [0.15, 0.2) is 0 Å². The van der Waals surface area contributed by atoms with Crippen LogP contribution in [0.1, 0.15) is 49.9 Å². The summed E-state index contributed by atoms with van der Waals surface area (Å²) in [5, 5.41) is 3.23. The van der Waals surface area contributed by atoms with Crippen LogP contribution in [0.2, 0.25) is 0 Å². The summed E-state index contributed by atoms with van der Waals surface area (Å²) in [5.74, 6) is -0.463. The molecule has 1 aliphatic carbocycles. The number of esters is 1. The third-order valence-electron chi connectivity index (χ3n) is 4.09. The molecule has 1 aromatic rings. The number of benzene rings is 1. The number of halogens is 1. The van der Waals surface area contributed by atoms with E-state index < -0.39 is 11.8 Å². The highest BCUT2D eigenvalue weighted by molar-refractivity contribution is 5.96. The molecule has 0 aliphatic heterocycles. The van der Waals surface area contributed by atoms with Crippen molar-refractivity contribution in [1.82, 2.24) is 0 Å². The molecule has 2 rings (SSSR count). The van der Waals surface area contributed by atoms with Crippen LogP contribution in [0.4, 0.5) is 15.8 Å². The standard InChI is InChI=1S/C16H23FN2O2/c1-3-21-16(20)11-8-15(12(17)9-13(11)18)19-14-7-5-4-6-10(14)2/h8-10,14,19H,3-7,18H2,1-2H3. The van der Waals surface area contributed by atoms with Crippen molar-refractivity contribution in [1.29, 1.82) is 0 Å². The van der Waals surface area contributed by atoms with Crippen molar-refractivity contribution in [3.63, 3.8) is 0 Å². The maximum absolute atomic E-state index is 14.1. The molecular formula is C16H23FN2O2. The molecule has 0 aromatic heterocycles.